The SMILES string of the molecule is COc1ccc(C(C)CCNC(=O)C2CCNC2)cc1.Cl. The Labute approximate surface area is 133 Å². The first kappa shape index (κ1) is 17.8. The summed E-state index contributed by atoms with van der Waals surface area (Å²) in [5.41, 5.74) is 1.28. The predicted octanol–water partition coefficient (Wildman–Crippen LogP) is 2.34. The molecule has 0 radical (unpaired) electrons. The van der Waals surface area contributed by atoms with Crippen LogP contribution in [0.5, 0.6) is 5.75 Å². The van der Waals surface area contributed by atoms with E-state index >= 15 is 0 Å². The Morgan fingerprint density at radius 1 is 1.43 bits per heavy atom. The van der Waals surface area contributed by atoms with Crippen LogP contribution in [-0.4, -0.2) is 32.7 Å². The summed E-state index contributed by atoms with van der Waals surface area (Å²) in [7, 11) is 1.67. The Morgan fingerprint density at radius 3 is 2.71 bits per heavy atom. The number of halogens is 1. The second kappa shape index (κ2) is 8.90. The summed E-state index contributed by atoms with van der Waals surface area (Å²) >= 11 is 0. The number of carbonyl (C=O) groups excluding carboxylic acids is 1. The Balaban J connectivity index is 0.00000220. The summed E-state index contributed by atoms with van der Waals surface area (Å²) < 4.78 is 5.16. The van der Waals surface area contributed by atoms with E-state index in [1.54, 1.807) is 7.11 Å². The molecule has 0 aliphatic carbocycles. The summed E-state index contributed by atoms with van der Waals surface area (Å²) in [6.07, 6.45) is 1.91. The highest BCUT2D eigenvalue weighted by Crippen LogP contribution is 2.21. The molecule has 0 spiro atoms. The third kappa shape index (κ3) is 5.21. The second-order valence-electron chi connectivity index (χ2n) is 5.44. The maximum absolute atomic E-state index is 11.9. The van der Waals surface area contributed by atoms with Gasteiger partial charge in [-0.15, -0.1) is 12.4 Å². The van der Waals surface area contributed by atoms with Crippen molar-refractivity contribution in [1.82, 2.24) is 10.6 Å². The van der Waals surface area contributed by atoms with Crippen LogP contribution in [0.15, 0.2) is 24.3 Å². The lowest BCUT2D eigenvalue weighted by atomic mass is 9.97. The summed E-state index contributed by atoms with van der Waals surface area (Å²) in [6, 6.07) is 8.14. The number of amides is 1. The van der Waals surface area contributed by atoms with Crippen LogP contribution >= 0.6 is 12.4 Å². The van der Waals surface area contributed by atoms with Crippen LogP contribution < -0.4 is 15.4 Å². The van der Waals surface area contributed by atoms with E-state index in [2.05, 4.69) is 29.7 Å². The average Bonchev–Trinajstić information content (AvgIpc) is 3.01. The van der Waals surface area contributed by atoms with Crippen LogP contribution in [0.25, 0.3) is 0 Å². The van der Waals surface area contributed by atoms with Gasteiger partial charge in [0.1, 0.15) is 5.75 Å². The molecule has 1 aromatic rings. The molecule has 118 valence electrons. The third-order valence-electron chi connectivity index (χ3n) is 3.99. The molecule has 5 heteroatoms. The lowest BCUT2D eigenvalue weighted by molar-refractivity contribution is -0.124. The maximum Gasteiger partial charge on any atom is 0.224 e. The first-order valence-corrected chi connectivity index (χ1v) is 7.33. The van der Waals surface area contributed by atoms with E-state index in [1.807, 2.05) is 12.1 Å². The molecule has 0 aromatic heterocycles. The van der Waals surface area contributed by atoms with Gasteiger partial charge in [0, 0.05) is 13.1 Å². The minimum atomic E-state index is 0. The number of carbonyl (C=O) groups is 1. The number of methoxy groups -OCH3 is 1. The molecule has 1 aliphatic rings. The molecule has 21 heavy (non-hydrogen) atoms. The van der Waals surface area contributed by atoms with E-state index in [0.717, 1.165) is 38.2 Å². The fraction of sp³-hybridized carbons (Fsp3) is 0.562. The van der Waals surface area contributed by atoms with Gasteiger partial charge in [0.2, 0.25) is 5.91 Å². The van der Waals surface area contributed by atoms with Gasteiger partial charge >= 0.3 is 0 Å². The Bertz CT molecular complexity index is 430. The number of hydrogen-bond acceptors (Lipinski definition) is 3. The molecule has 2 N–H and O–H groups in total. The van der Waals surface area contributed by atoms with Crippen LogP contribution in [-0.2, 0) is 4.79 Å². The van der Waals surface area contributed by atoms with Gasteiger partial charge in [-0.1, -0.05) is 19.1 Å². The van der Waals surface area contributed by atoms with Crippen molar-refractivity contribution in [1.29, 1.82) is 0 Å². The van der Waals surface area contributed by atoms with E-state index in [4.69, 9.17) is 4.74 Å². The minimum Gasteiger partial charge on any atom is -0.497 e. The maximum atomic E-state index is 11.9. The Hall–Kier alpha value is -1.26. The normalized spacial score (nSPS) is 18.7. The molecule has 1 aromatic carbocycles. The molecule has 1 aliphatic heterocycles. The van der Waals surface area contributed by atoms with Crippen LogP contribution in [0, 0.1) is 5.92 Å². The lowest BCUT2D eigenvalue weighted by Crippen LogP contribution is -2.33. The van der Waals surface area contributed by atoms with Crippen molar-refractivity contribution in [2.24, 2.45) is 5.92 Å². The van der Waals surface area contributed by atoms with Gasteiger partial charge < -0.3 is 15.4 Å². The molecular weight excluding hydrogens is 288 g/mol. The van der Waals surface area contributed by atoms with E-state index < -0.39 is 0 Å². The molecular formula is C16H25ClN2O2. The first-order valence-electron chi connectivity index (χ1n) is 7.33. The molecule has 2 atom stereocenters. The van der Waals surface area contributed by atoms with E-state index in [9.17, 15) is 4.79 Å². The quantitative estimate of drug-likeness (QED) is 0.847. The molecule has 0 saturated carbocycles. The van der Waals surface area contributed by atoms with Crippen molar-refractivity contribution in [2.45, 2.75) is 25.7 Å². The number of nitrogens with one attached hydrogen (secondary N) is 2. The van der Waals surface area contributed by atoms with Crippen molar-refractivity contribution >= 4 is 18.3 Å². The monoisotopic (exact) mass is 312 g/mol. The van der Waals surface area contributed by atoms with Gasteiger partial charge in [-0.2, -0.15) is 0 Å². The standard InChI is InChI=1S/C16H24N2O2.ClH/c1-12(13-3-5-15(20-2)6-4-13)7-10-18-16(19)14-8-9-17-11-14;/h3-6,12,14,17H,7-11H2,1-2H3,(H,18,19);1H. The lowest BCUT2D eigenvalue weighted by Gasteiger charge is -2.14. The highest BCUT2D eigenvalue weighted by atomic mass is 35.5. The highest BCUT2D eigenvalue weighted by molar-refractivity contribution is 5.85. The molecule has 2 unspecified atom stereocenters. The number of hydrogen-bond donors (Lipinski definition) is 2. The zero-order valence-electron chi connectivity index (χ0n) is 12.7. The molecule has 1 fully saturated rings. The molecule has 0 bridgehead atoms. The van der Waals surface area contributed by atoms with Gasteiger partial charge in [0.15, 0.2) is 0 Å². The molecule has 1 amide bonds. The summed E-state index contributed by atoms with van der Waals surface area (Å²) in [6.45, 7) is 4.70. The van der Waals surface area contributed by atoms with Crippen LogP contribution in [0.1, 0.15) is 31.2 Å². The van der Waals surface area contributed by atoms with E-state index in [-0.39, 0.29) is 24.2 Å². The van der Waals surface area contributed by atoms with Gasteiger partial charge in [0.25, 0.3) is 0 Å². The van der Waals surface area contributed by atoms with E-state index in [1.165, 1.54) is 5.56 Å². The van der Waals surface area contributed by atoms with Gasteiger partial charge in [-0.3, -0.25) is 4.79 Å². The van der Waals surface area contributed by atoms with Crippen LogP contribution in [0.2, 0.25) is 0 Å². The van der Waals surface area contributed by atoms with Crippen LogP contribution in [0.4, 0.5) is 0 Å². The van der Waals surface area contributed by atoms with Crippen molar-refractivity contribution in [2.75, 3.05) is 26.7 Å². The minimum absolute atomic E-state index is 0. The third-order valence-corrected chi connectivity index (χ3v) is 3.99. The molecule has 1 saturated heterocycles. The topological polar surface area (TPSA) is 50.4 Å². The number of benzene rings is 1. The average molecular weight is 313 g/mol. The zero-order chi connectivity index (χ0) is 14.4. The van der Waals surface area contributed by atoms with Crippen LogP contribution in [0.3, 0.4) is 0 Å². The summed E-state index contributed by atoms with van der Waals surface area (Å²) in [5, 5.41) is 6.26. The number of rotatable bonds is 6. The van der Waals surface area contributed by atoms with Crippen molar-refractivity contribution in [3.8, 4) is 5.75 Å². The van der Waals surface area contributed by atoms with Gasteiger partial charge in [0.05, 0.1) is 13.0 Å². The molecule has 2 rings (SSSR count). The summed E-state index contributed by atoms with van der Waals surface area (Å²) in [5.74, 6) is 1.66. The predicted molar refractivity (Wildman–Crippen MR) is 87.3 cm³/mol. The van der Waals surface area contributed by atoms with Gasteiger partial charge in [-0.05, 0) is 43.0 Å². The van der Waals surface area contributed by atoms with Gasteiger partial charge in [-0.25, -0.2) is 0 Å². The smallest absolute Gasteiger partial charge is 0.224 e. The molecule has 1 heterocycles. The zero-order valence-corrected chi connectivity index (χ0v) is 13.5. The van der Waals surface area contributed by atoms with E-state index in [0.29, 0.717) is 5.92 Å². The Morgan fingerprint density at radius 2 is 2.14 bits per heavy atom. The Kier molecular flexibility index (Phi) is 7.54. The van der Waals surface area contributed by atoms with Crippen molar-refractivity contribution < 1.29 is 9.53 Å². The van der Waals surface area contributed by atoms with Crippen molar-refractivity contribution in [3.05, 3.63) is 29.8 Å². The largest absolute Gasteiger partial charge is 0.497 e. The van der Waals surface area contributed by atoms with Crippen molar-refractivity contribution in [3.63, 3.8) is 0 Å². The summed E-state index contributed by atoms with van der Waals surface area (Å²) in [4.78, 5) is 11.9. The second-order valence-corrected chi connectivity index (χ2v) is 5.44. The fourth-order valence-corrected chi connectivity index (χ4v) is 2.53. The highest BCUT2D eigenvalue weighted by Gasteiger charge is 2.21. The number of ether oxygens (including phenoxy) is 1. The fourth-order valence-electron chi connectivity index (χ4n) is 2.53. The first-order chi connectivity index (χ1) is 9.70. The molecule has 4 nitrogen and oxygen atoms in total.